The highest BCUT2D eigenvalue weighted by Crippen LogP contribution is 2.22. The second-order valence-electron chi connectivity index (χ2n) is 5.04. The summed E-state index contributed by atoms with van der Waals surface area (Å²) < 4.78 is 13.3. The molecule has 0 fully saturated rings. The molecule has 1 aromatic rings. The maximum Gasteiger partial charge on any atom is 0.272 e. The van der Waals surface area contributed by atoms with Gasteiger partial charge in [-0.15, -0.1) is 0 Å². The van der Waals surface area contributed by atoms with Gasteiger partial charge in [-0.2, -0.15) is 0 Å². The predicted octanol–water partition coefficient (Wildman–Crippen LogP) is 3.30. The average molecular weight is 268 g/mol. The van der Waals surface area contributed by atoms with E-state index in [-0.39, 0.29) is 11.7 Å². The number of rotatable bonds is 7. The van der Waals surface area contributed by atoms with Crippen LogP contribution in [0.5, 0.6) is 0 Å². The smallest absolute Gasteiger partial charge is 0.272 e. The lowest BCUT2D eigenvalue weighted by Gasteiger charge is -2.22. The van der Waals surface area contributed by atoms with Gasteiger partial charge < -0.3 is 5.32 Å². The molecule has 0 heterocycles. The van der Waals surface area contributed by atoms with Crippen molar-refractivity contribution in [1.82, 2.24) is 5.32 Å². The summed E-state index contributed by atoms with van der Waals surface area (Å²) in [4.78, 5) is 10.5. The van der Waals surface area contributed by atoms with Crippen molar-refractivity contribution >= 4 is 5.69 Å². The largest absolute Gasteiger partial charge is 0.313 e. The molecule has 0 aliphatic heterocycles. The lowest BCUT2D eigenvalue weighted by atomic mass is 9.95. The van der Waals surface area contributed by atoms with E-state index in [2.05, 4.69) is 26.1 Å². The maximum absolute atomic E-state index is 13.3. The van der Waals surface area contributed by atoms with Crippen LogP contribution in [0.15, 0.2) is 18.2 Å². The van der Waals surface area contributed by atoms with Crippen LogP contribution in [0.3, 0.4) is 0 Å². The van der Waals surface area contributed by atoms with E-state index in [4.69, 9.17) is 0 Å². The van der Waals surface area contributed by atoms with E-state index in [1.807, 2.05) is 0 Å². The van der Waals surface area contributed by atoms with Crippen LogP contribution in [-0.2, 0) is 6.42 Å². The van der Waals surface area contributed by atoms with Crippen molar-refractivity contribution in [1.29, 1.82) is 0 Å². The van der Waals surface area contributed by atoms with Gasteiger partial charge in [0.2, 0.25) is 0 Å². The molecule has 1 rings (SSSR count). The number of nitro groups is 1. The Balaban J connectivity index is 2.94. The van der Waals surface area contributed by atoms with Crippen molar-refractivity contribution in [3.05, 3.63) is 39.7 Å². The Labute approximate surface area is 113 Å². The number of benzene rings is 1. The van der Waals surface area contributed by atoms with Gasteiger partial charge in [0.15, 0.2) is 0 Å². The third kappa shape index (κ3) is 4.59. The minimum atomic E-state index is -0.452. The third-order valence-corrected chi connectivity index (χ3v) is 3.14. The van der Waals surface area contributed by atoms with Gasteiger partial charge in [-0.1, -0.05) is 20.8 Å². The lowest BCUT2D eigenvalue weighted by Crippen LogP contribution is -2.36. The number of hydrogen-bond donors (Lipinski definition) is 1. The Kier molecular flexibility index (Phi) is 5.89. The highest BCUT2D eigenvalue weighted by atomic mass is 19.1. The summed E-state index contributed by atoms with van der Waals surface area (Å²) in [6, 6.07) is 3.74. The number of halogens is 1. The summed E-state index contributed by atoms with van der Waals surface area (Å²) in [6.07, 6.45) is 1.46. The molecule has 1 N–H and O–H groups in total. The minimum absolute atomic E-state index is 0.00894. The number of nitro benzene ring substituents is 1. The lowest BCUT2D eigenvalue weighted by molar-refractivity contribution is -0.385. The van der Waals surface area contributed by atoms with Gasteiger partial charge in [-0.25, -0.2) is 4.39 Å². The first-order chi connectivity index (χ1) is 8.95. The molecule has 0 aliphatic carbocycles. The zero-order valence-corrected chi connectivity index (χ0v) is 11.6. The van der Waals surface area contributed by atoms with Gasteiger partial charge in [-0.05, 0) is 37.4 Å². The summed E-state index contributed by atoms with van der Waals surface area (Å²) in [5.41, 5.74) is 0.442. The normalized spacial score (nSPS) is 12.7. The fourth-order valence-electron chi connectivity index (χ4n) is 2.01. The molecule has 0 aromatic heterocycles. The van der Waals surface area contributed by atoms with Crippen LogP contribution in [0, 0.1) is 21.8 Å². The molecule has 0 aliphatic rings. The fraction of sp³-hybridized carbons (Fsp3) is 0.571. The summed E-state index contributed by atoms with van der Waals surface area (Å²) in [5, 5.41) is 14.3. The second-order valence-corrected chi connectivity index (χ2v) is 5.04. The van der Waals surface area contributed by atoms with Gasteiger partial charge in [0.1, 0.15) is 5.82 Å². The predicted molar refractivity (Wildman–Crippen MR) is 73.7 cm³/mol. The minimum Gasteiger partial charge on any atom is -0.313 e. The zero-order chi connectivity index (χ0) is 14.4. The molecule has 4 nitrogen and oxygen atoms in total. The number of nitrogens with zero attached hydrogens (tertiary/aromatic N) is 1. The van der Waals surface area contributed by atoms with E-state index in [9.17, 15) is 14.5 Å². The molecule has 0 radical (unpaired) electrons. The van der Waals surface area contributed by atoms with E-state index in [1.54, 1.807) is 0 Å². The maximum atomic E-state index is 13.3. The molecular formula is C14H21FN2O2. The van der Waals surface area contributed by atoms with Crippen LogP contribution >= 0.6 is 0 Å². The third-order valence-electron chi connectivity index (χ3n) is 3.14. The molecule has 0 saturated heterocycles. The van der Waals surface area contributed by atoms with E-state index in [1.165, 1.54) is 12.1 Å². The first-order valence-electron chi connectivity index (χ1n) is 6.61. The molecule has 0 amide bonds. The molecule has 0 saturated carbocycles. The first kappa shape index (κ1) is 15.6. The van der Waals surface area contributed by atoms with E-state index in [0.717, 1.165) is 19.0 Å². The molecule has 0 bridgehead atoms. The Bertz CT molecular complexity index is 435. The Morgan fingerprint density at radius 3 is 2.63 bits per heavy atom. The van der Waals surface area contributed by atoms with Crippen LogP contribution < -0.4 is 5.32 Å². The van der Waals surface area contributed by atoms with Crippen LogP contribution in [-0.4, -0.2) is 17.5 Å². The molecule has 1 unspecified atom stereocenters. The Morgan fingerprint density at radius 2 is 2.11 bits per heavy atom. The van der Waals surface area contributed by atoms with Crippen molar-refractivity contribution in [3.63, 3.8) is 0 Å². The SMILES string of the molecule is CCCNC(Cc1cc(F)ccc1[N+](=O)[O-])C(C)C. The van der Waals surface area contributed by atoms with Gasteiger partial charge in [0, 0.05) is 17.7 Å². The number of hydrogen-bond acceptors (Lipinski definition) is 3. The molecule has 0 spiro atoms. The van der Waals surface area contributed by atoms with Gasteiger partial charge in [0.25, 0.3) is 5.69 Å². The fourth-order valence-corrected chi connectivity index (χ4v) is 2.01. The van der Waals surface area contributed by atoms with Crippen molar-refractivity contribution < 1.29 is 9.31 Å². The quantitative estimate of drug-likeness (QED) is 0.609. The molecular weight excluding hydrogens is 247 g/mol. The van der Waals surface area contributed by atoms with Crippen LogP contribution in [0.2, 0.25) is 0 Å². The number of nitrogens with one attached hydrogen (secondary N) is 1. The molecule has 1 aromatic carbocycles. The summed E-state index contributed by atoms with van der Waals surface area (Å²) >= 11 is 0. The summed E-state index contributed by atoms with van der Waals surface area (Å²) in [6.45, 7) is 7.03. The Hall–Kier alpha value is -1.49. The summed E-state index contributed by atoms with van der Waals surface area (Å²) in [7, 11) is 0. The van der Waals surface area contributed by atoms with Crippen LogP contribution in [0.1, 0.15) is 32.8 Å². The molecule has 1 atom stereocenters. The monoisotopic (exact) mass is 268 g/mol. The second kappa shape index (κ2) is 7.19. The molecule has 19 heavy (non-hydrogen) atoms. The van der Waals surface area contributed by atoms with Gasteiger partial charge in [0.05, 0.1) is 4.92 Å². The topological polar surface area (TPSA) is 55.2 Å². The van der Waals surface area contributed by atoms with Gasteiger partial charge >= 0.3 is 0 Å². The standard InChI is InChI=1S/C14H21FN2O2/c1-4-7-16-13(10(2)3)9-11-8-12(15)5-6-14(11)17(18)19/h5-6,8,10,13,16H,4,7,9H2,1-3H3. The van der Waals surface area contributed by atoms with Crippen LogP contribution in [0.25, 0.3) is 0 Å². The molecule has 106 valence electrons. The van der Waals surface area contributed by atoms with E-state index >= 15 is 0 Å². The van der Waals surface area contributed by atoms with Crippen LogP contribution in [0.4, 0.5) is 10.1 Å². The van der Waals surface area contributed by atoms with E-state index < -0.39 is 10.7 Å². The highest BCUT2D eigenvalue weighted by molar-refractivity contribution is 5.40. The van der Waals surface area contributed by atoms with Crippen molar-refractivity contribution in [2.75, 3.05) is 6.54 Å². The summed E-state index contributed by atoms with van der Waals surface area (Å²) in [5.74, 6) is -0.104. The highest BCUT2D eigenvalue weighted by Gasteiger charge is 2.20. The van der Waals surface area contributed by atoms with Crippen molar-refractivity contribution in [2.45, 2.75) is 39.7 Å². The average Bonchev–Trinajstić information content (AvgIpc) is 2.33. The first-order valence-corrected chi connectivity index (χ1v) is 6.61. The van der Waals surface area contributed by atoms with Crippen molar-refractivity contribution in [3.8, 4) is 0 Å². The Morgan fingerprint density at radius 1 is 1.42 bits per heavy atom. The van der Waals surface area contributed by atoms with Gasteiger partial charge in [-0.3, -0.25) is 10.1 Å². The van der Waals surface area contributed by atoms with E-state index in [0.29, 0.717) is 17.9 Å². The zero-order valence-electron chi connectivity index (χ0n) is 11.6. The van der Waals surface area contributed by atoms with Crippen molar-refractivity contribution in [2.24, 2.45) is 5.92 Å². The molecule has 5 heteroatoms.